The van der Waals surface area contributed by atoms with Crippen LogP contribution < -0.4 is 5.32 Å². The molecule has 1 N–H and O–H groups in total. The maximum Gasteiger partial charge on any atom is 0.248 e. The maximum absolute atomic E-state index is 11.6. The summed E-state index contributed by atoms with van der Waals surface area (Å²) in [4.78, 5) is 20.0. The first-order valence-corrected chi connectivity index (χ1v) is 6.22. The van der Waals surface area contributed by atoms with Gasteiger partial charge in [0.2, 0.25) is 5.91 Å². The zero-order chi connectivity index (χ0) is 13.6. The van der Waals surface area contributed by atoms with E-state index in [0.29, 0.717) is 5.69 Å². The van der Waals surface area contributed by atoms with E-state index in [1.807, 2.05) is 26.8 Å². The number of anilines is 1. The molecule has 0 bridgehead atoms. The number of hydrogen-bond donors (Lipinski definition) is 1. The zero-order valence-electron chi connectivity index (χ0n) is 11.5. The highest BCUT2D eigenvalue weighted by Gasteiger charge is 2.06. The highest BCUT2D eigenvalue weighted by atomic mass is 16.1. The SMILES string of the molecule is CCCc1ncc(NC(=O)C=CC(C)(C)C)cn1. The summed E-state index contributed by atoms with van der Waals surface area (Å²) in [6, 6.07) is 0. The van der Waals surface area contributed by atoms with Gasteiger partial charge in [-0.2, -0.15) is 0 Å². The third-order valence-electron chi connectivity index (χ3n) is 2.18. The molecule has 1 aromatic rings. The van der Waals surface area contributed by atoms with Crippen molar-refractivity contribution in [1.29, 1.82) is 0 Å². The van der Waals surface area contributed by atoms with Gasteiger partial charge in [-0.3, -0.25) is 4.79 Å². The summed E-state index contributed by atoms with van der Waals surface area (Å²) in [5, 5.41) is 2.73. The molecule has 98 valence electrons. The topological polar surface area (TPSA) is 54.9 Å². The second-order valence-electron chi connectivity index (χ2n) is 5.33. The van der Waals surface area contributed by atoms with Gasteiger partial charge >= 0.3 is 0 Å². The second kappa shape index (κ2) is 6.28. The molecule has 0 spiro atoms. The summed E-state index contributed by atoms with van der Waals surface area (Å²) in [6.45, 7) is 8.20. The summed E-state index contributed by atoms with van der Waals surface area (Å²) >= 11 is 0. The molecule has 1 rings (SSSR count). The summed E-state index contributed by atoms with van der Waals surface area (Å²) in [6.07, 6.45) is 8.56. The van der Waals surface area contributed by atoms with E-state index in [0.717, 1.165) is 18.7 Å². The molecule has 0 unspecified atom stereocenters. The largest absolute Gasteiger partial charge is 0.320 e. The van der Waals surface area contributed by atoms with Gasteiger partial charge in [0.05, 0.1) is 18.1 Å². The minimum absolute atomic E-state index is 0.00117. The molecule has 0 saturated carbocycles. The zero-order valence-corrected chi connectivity index (χ0v) is 11.5. The molecule has 1 heterocycles. The number of nitrogens with zero attached hydrogens (tertiary/aromatic N) is 2. The Morgan fingerprint density at radius 2 is 1.94 bits per heavy atom. The van der Waals surface area contributed by atoms with Crippen LogP contribution in [-0.4, -0.2) is 15.9 Å². The van der Waals surface area contributed by atoms with E-state index in [2.05, 4.69) is 22.2 Å². The van der Waals surface area contributed by atoms with Crippen molar-refractivity contribution in [1.82, 2.24) is 9.97 Å². The van der Waals surface area contributed by atoms with Crippen LogP contribution in [0.3, 0.4) is 0 Å². The van der Waals surface area contributed by atoms with Crippen LogP contribution in [0, 0.1) is 5.41 Å². The lowest BCUT2D eigenvalue weighted by Gasteiger charge is -2.10. The number of rotatable bonds is 4. The average molecular weight is 247 g/mol. The van der Waals surface area contributed by atoms with E-state index in [9.17, 15) is 4.79 Å². The number of carbonyl (C=O) groups excluding carboxylic acids is 1. The van der Waals surface area contributed by atoms with Gasteiger partial charge in [0, 0.05) is 6.42 Å². The summed E-state index contributed by atoms with van der Waals surface area (Å²) in [7, 11) is 0. The molecule has 0 atom stereocenters. The highest BCUT2D eigenvalue weighted by Crippen LogP contribution is 2.14. The normalized spacial score (nSPS) is 11.8. The lowest BCUT2D eigenvalue weighted by molar-refractivity contribution is -0.112. The van der Waals surface area contributed by atoms with E-state index in [4.69, 9.17) is 0 Å². The van der Waals surface area contributed by atoms with Crippen LogP contribution in [0.1, 0.15) is 39.9 Å². The van der Waals surface area contributed by atoms with E-state index < -0.39 is 0 Å². The predicted molar refractivity (Wildman–Crippen MR) is 73.3 cm³/mol. The lowest BCUT2D eigenvalue weighted by atomic mass is 9.96. The van der Waals surface area contributed by atoms with Gasteiger partial charge in [0.15, 0.2) is 0 Å². The van der Waals surface area contributed by atoms with Gasteiger partial charge in [-0.1, -0.05) is 33.8 Å². The van der Waals surface area contributed by atoms with Crippen molar-refractivity contribution in [3.05, 3.63) is 30.4 Å². The predicted octanol–water partition coefficient (Wildman–Crippen LogP) is 2.97. The Balaban J connectivity index is 2.57. The molecule has 0 saturated heterocycles. The summed E-state index contributed by atoms with van der Waals surface area (Å²) in [5.74, 6) is 0.650. The quantitative estimate of drug-likeness (QED) is 0.832. The van der Waals surface area contributed by atoms with Crippen molar-refractivity contribution < 1.29 is 4.79 Å². The second-order valence-corrected chi connectivity index (χ2v) is 5.33. The molecule has 4 nitrogen and oxygen atoms in total. The first-order chi connectivity index (χ1) is 8.40. The average Bonchev–Trinajstić information content (AvgIpc) is 2.29. The first kappa shape index (κ1) is 14.4. The fourth-order valence-corrected chi connectivity index (χ4v) is 1.28. The third-order valence-corrected chi connectivity index (χ3v) is 2.18. The van der Waals surface area contributed by atoms with Crippen LogP contribution in [0.25, 0.3) is 0 Å². The Morgan fingerprint density at radius 3 is 2.44 bits per heavy atom. The molecule has 4 heteroatoms. The first-order valence-electron chi connectivity index (χ1n) is 6.22. The van der Waals surface area contributed by atoms with E-state index in [1.54, 1.807) is 18.5 Å². The van der Waals surface area contributed by atoms with E-state index >= 15 is 0 Å². The minimum atomic E-state index is -0.156. The Labute approximate surface area is 109 Å². The number of hydrogen-bond acceptors (Lipinski definition) is 3. The van der Waals surface area contributed by atoms with Crippen molar-refractivity contribution in [2.75, 3.05) is 5.32 Å². The Hall–Kier alpha value is -1.71. The van der Waals surface area contributed by atoms with Gasteiger partial charge < -0.3 is 5.32 Å². The van der Waals surface area contributed by atoms with Crippen molar-refractivity contribution in [3.8, 4) is 0 Å². The van der Waals surface area contributed by atoms with E-state index in [-0.39, 0.29) is 11.3 Å². The molecular formula is C14H21N3O. The van der Waals surface area contributed by atoms with Crippen LogP contribution in [0.5, 0.6) is 0 Å². The van der Waals surface area contributed by atoms with E-state index in [1.165, 1.54) is 0 Å². The third kappa shape index (κ3) is 5.57. The summed E-state index contributed by atoms with van der Waals surface area (Å²) < 4.78 is 0. The molecule has 1 amide bonds. The maximum atomic E-state index is 11.6. The monoisotopic (exact) mass is 247 g/mol. The summed E-state index contributed by atoms with van der Waals surface area (Å²) in [5.41, 5.74) is 0.622. The van der Waals surface area contributed by atoms with Crippen LogP contribution in [-0.2, 0) is 11.2 Å². The van der Waals surface area contributed by atoms with Crippen molar-refractivity contribution in [2.45, 2.75) is 40.5 Å². The molecule has 0 aliphatic heterocycles. The van der Waals surface area contributed by atoms with Crippen LogP contribution in [0.15, 0.2) is 24.5 Å². The van der Waals surface area contributed by atoms with Gasteiger partial charge in [0.1, 0.15) is 5.82 Å². The Bertz CT molecular complexity index is 416. The number of nitrogens with one attached hydrogen (secondary N) is 1. The van der Waals surface area contributed by atoms with Crippen LogP contribution in [0.4, 0.5) is 5.69 Å². The van der Waals surface area contributed by atoms with Gasteiger partial charge in [0.25, 0.3) is 0 Å². The Morgan fingerprint density at radius 1 is 1.33 bits per heavy atom. The molecule has 18 heavy (non-hydrogen) atoms. The lowest BCUT2D eigenvalue weighted by Crippen LogP contribution is -2.10. The smallest absolute Gasteiger partial charge is 0.248 e. The number of aryl methyl sites for hydroxylation is 1. The minimum Gasteiger partial charge on any atom is -0.320 e. The molecule has 0 aliphatic carbocycles. The fourth-order valence-electron chi connectivity index (χ4n) is 1.28. The number of allylic oxidation sites excluding steroid dienone is 1. The molecular weight excluding hydrogens is 226 g/mol. The standard InChI is InChI=1S/C14H21N3O/c1-5-6-12-15-9-11(10-16-12)17-13(18)7-8-14(2,3)4/h7-10H,5-6H2,1-4H3,(H,17,18). The molecule has 0 radical (unpaired) electrons. The number of carbonyl (C=O) groups is 1. The van der Waals surface area contributed by atoms with Gasteiger partial charge in [-0.15, -0.1) is 0 Å². The molecule has 0 aromatic carbocycles. The highest BCUT2D eigenvalue weighted by molar-refractivity contribution is 5.99. The Kier molecular flexibility index (Phi) is 5.01. The van der Waals surface area contributed by atoms with Crippen LogP contribution in [0.2, 0.25) is 0 Å². The number of amides is 1. The van der Waals surface area contributed by atoms with Crippen molar-refractivity contribution in [3.63, 3.8) is 0 Å². The number of aromatic nitrogens is 2. The fraction of sp³-hybridized carbons (Fsp3) is 0.500. The van der Waals surface area contributed by atoms with Crippen LogP contribution >= 0.6 is 0 Å². The molecule has 0 fully saturated rings. The van der Waals surface area contributed by atoms with Crippen molar-refractivity contribution >= 4 is 11.6 Å². The van der Waals surface area contributed by atoms with Gasteiger partial charge in [-0.05, 0) is 17.9 Å². The molecule has 0 aliphatic rings. The van der Waals surface area contributed by atoms with Gasteiger partial charge in [-0.25, -0.2) is 9.97 Å². The van der Waals surface area contributed by atoms with Crippen molar-refractivity contribution in [2.24, 2.45) is 5.41 Å². The molecule has 1 aromatic heterocycles.